The van der Waals surface area contributed by atoms with Crippen LogP contribution in [-0.4, -0.2) is 19.6 Å². The van der Waals surface area contributed by atoms with Gasteiger partial charge in [0.05, 0.1) is 17.8 Å². The molecule has 0 aliphatic carbocycles. The molecule has 0 radical (unpaired) electrons. The minimum atomic E-state index is 0.358. The van der Waals surface area contributed by atoms with Crippen LogP contribution in [0.3, 0.4) is 0 Å². The Hall–Kier alpha value is -1.42. The fourth-order valence-corrected chi connectivity index (χ4v) is 1.30. The summed E-state index contributed by atoms with van der Waals surface area (Å²) in [6.07, 6.45) is 0.953. The highest BCUT2D eigenvalue weighted by Crippen LogP contribution is 2.26. The smallest absolute Gasteiger partial charge is 0.193 e. The number of guanidine groups is 1. The average molecular weight is 242 g/mol. The molecule has 0 bridgehead atoms. The van der Waals surface area contributed by atoms with Crippen LogP contribution in [0.1, 0.15) is 13.3 Å². The van der Waals surface area contributed by atoms with Gasteiger partial charge in [-0.3, -0.25) is 4.99 Å². The Morgan fingerprint density at radius 2 is 2.31 bits per heavy atom. The molecule has 0 atom stereocenters. The molecule has 4 nitrogen and oxygen atoms in total. The van der Waals surface area contributed by atoms with Crippen LogP contribution < -0.4 is 15.8 Å². The largest absolute Gasteiger partial charge is 0.497 e. The molecule has 0 fully saturated rings. The summed E-state index contributed by atoms with van der Waals surface area (Å²) >= 11 is 6.00. The Morgan fingerprint density at radius 3 is 2.94 bits per heavy atom. The lowest BCUT2D eigenvalue weighted by Gasteiger charge is -2.09. The van der Waals surface area contributed by atoms with Gasteiger partial charge in [-0.1, -0.05) is 18.5 Å². The van der Waals surface area contributed by atoms with Crippen LogP contribution in [0, 0.1) is 0 Å². The van der Waals surface area contributed by atoms with Crippen molar-refractivity contribution < 1.29 is 4.74 Å². The Morgan fingerprint density at radius 1 is 1.56 bits per heavy atom. The van der Waals surface area contributed by atoms with Crippen LogP contribution in [0.15, 0.2) is 23.2 Å². The van der Waals surface area contributed by atoms with Crippen molar-refractivity contribution in [3.05, 3.63) is 23.2 Å². The van der Waals surface area contributed by atoms with Gasteiger partial charge in [-0.05, 0) is 18.6 Å². The molecule has 0 saturated carbocycles. The molecule has 1 aromatic rings. The second-order valence-corrected chi connectivity index (χ2v) is 3.64. The van der Waals surface area contributed by atoms with Crippen LogP contribution in [0.5, 0.6) is 5.75 Å². The first-order chi connectivity index (χ1) is 7.67. The number of aliphatic imine (C=N–C) groups is 1. The summed E-state index contributed by atoms with van der Waals surface area (Å²) in [4.78, 5) is 4.12. The maximum atomic E-state index is 6.00. The lowest BCUT2D eigenvalue weighted by molar-refractivity contribution is 0.415. The van der Waals surface area contributed by atoms with E-state index in [2.05, 4.69) is 10.3 Å². The molecule has 0 spiro atoms. The quantitative estimate of drug-likeness (QED) is 0.629. The number of nitrogens with two attached hydrogens (primary N) is 1. The van der Waals surface area contributed by atoms with Crippen LogP contribution in [-0.2, 0) is 0 Å². The molecular formula is C11H16ClN3O. The maximum Gasteiger partial charge on any atom is 0.193 e. The number of hydrogen-bond acceptors (Lipinski definition) is 2. The molecule has 1 rings (SSSR count). The van der Waals surface area contributed by atoms with Gasteiger partial charge in [0.1, 0.15) is 5.75 Å². The number of methoxy groups -OCH3 is 1. The van der Waals surface area contributed by atoms with Gasteiger partial charge in [-0.25, -0.2) is 0 Å². The maximum absolute atomic E-state index is 6.00. The highest BCUT2D eigenvalue weighted by molar-refractivity contribution is 6.33. The van der Waals surface area contributed by atoms with E-state index in [-0.39, 0.29) is 0 Å². The second kappa shape index (κ2) is 6.23. The summed E-state index contributed by atoms with van der Waals surface area (Å²) < 4.78 is 5.09. The van der Waals surface area contributed by atoms with Gasteiger partial charge in [0.25, 0.3) is 0 Å². The summed E-state index contributed by atoms with van der Waals surface area (Å²) in [7, 11) is 1.60. The van der Waals surface area contributed by atoms with E-state index in [1.54, 1.807) is 25.3 Å². The molecule has 1 aromatic carbocycles. The zero-order valence-corrected chi connectivity index (χ0v) is 10.2. The highest BCUT2D eigenvalue weighted by Gasteiger charge is 2.03. The summed E-state index contributed by atoms with van der Waals surface area (Å²) in [6, 6.07) is 5.30. The molecule has 0 saturated heterocycles. The summed E-state index contributed by atoms with van der Waals surface area (Å²) in [5.74, 6) is 1.08. The number of anilines is 1. The number of nitrogens with one attached hydrogen (secondary N) is 1. The highest BCUT2D eigenvalue weighted by atomic mass is 35.5. The molecule has 0 heterocycles. The Kier molecular flexibility index (Phi) is 4.92. The molecule has 88 valence electrons. The minimum absolute atomic E-state index is 0.358. The van der Waals surface area contributed by atoms with E-state index in [0.29, 0.717) is 23.2 Å². The number of ether oxygens (including phenoxy) is 1. The molecule has 0 aromatic heterocycles. The fraction of sp³-hybridized carbons (Fsp3) is 0.364. The first-order valence-corrected chi connectivity index (χ1v) is 5.45. The van der Waals surface area contributed by atoms with Crippen molar-refractivity contribution in [1.82, 2.24) is 0 Å². The van der Waals surface area contributed by atoms with Gasteiger partial charge in [0, 0.05) is 12.6 Å². The molecule has 5 heteroatoms. The summed E-state index contributed by atoms with van der Waals surface area (Å²) in [6.45, 7) is 2.73. The monoisotopic (exact) mass is 241 g/mol. The third-order valence-corrected chi connectivity index (χ3v) is 2.27. The Labute approximate surface area is 100 Å². The van der Waals surface area contributed by atoms with Crippen molar-refractivity contribution in [2.45, 2.75) is 13.3 Å². The standard InChI is InChI=1S/C11H16ClN3O/c1-3-6-14-11(13)15-10-7-8(16-2)4-5-9(10)12/h4-5,7H,3,6H2,1-2H3,(H3,13,14,15). The van der Waals surface area contributed by atoms with E-state index >= 15 is 0 Å². The first kappa shape index (κ1) is 12.6. The van der Waals surface area contributed by atoms with Crippen molar-refractivity contribution in [1.29, 1.82) is 0 Å². The van der Waals surface area contributed by atoms with Crippen LogP contribution >= 0.6 is 11.6 Å². The summed E-state index contributed by atoms with van der Waals surface area (Å²) in [5, 5.41) is 3.51. The van der Waals surface area contributed by atoms with E-state index in [4.69, 9.17) is 22.1 Å². The normalized spacial score (nSPS) is 11.3. The van der Waals surface area contributed by atoms with Gasteiger partial charge in [-0.15, -0.1) is 0 Å². The predicted octanol–water partition coefficient (Wildman–Crippen LogP) is 2.49. The van der Waals surface area contributed by atoms with Crippen molar-refractivity contribution in [3.63, 3.8) is 0 Å². The SMILES string of the molecule is CCCN=C(N)Nc1cc(OC)ccc1Cl. The molecular weight excluding hydrogens is 226 g/mol. The van der Waals surface area contributed by atoms with E-state index < -0.39 is 0 Å². The molecule has 0 aliphatic rings. The average Bonchev–Trinajstić information content (AvgIpc) is 2.29. The number of rotatable bonds is 4. The second-order valence-electron chi connectivity index (χ2n) is 3.24. The van der Waals surface area contributed by atoms with Crippen LogP contribution in [0.25, 0.3) is 0 Å². The lowest BCUT2D eigenvalue weighted by atomic mass is 10.3. The zero-order valence-electron chi connectivity index (χ0n) is 9.46. The minimum Gasteiger partial charge on any atom is -0.497 e. The van der Waals surface area contributed by atoms with Gasteiger partial charge in [-0.2, -0.15) is 0 Å². The van der Waals surface area contributed by atoms with Gasteiger partial charge in [0.2, 0.25) is 0 Å². The molecule has 0 unspecified atom stereocenters. The van der Waals surface area contributed by atoms with Crippen LogP contribution in [0.4, 0.5) is 5.69 Å². The number of hydrogen-bond donors (Lipinski definition) is 2. The lowest BCUT2D eigenvalue weighted by Crippen LogP contribution is -2.23. The fourth-order valence-electron chi connectivity index (χ4n) is 1.14. The third-order valence-electron chi connectivity index (χ3n) is 1.94. The van der Waals surface area contributed by atoms with Gasteiger partial charge >= 0.3 is 0 Å². The molecule has 0 aliphatic heterocycles. The van der Waals surface area contributed by atoms with Crippen molar-refractivity contribution in [3.8, 4) is 5.75 Å². The van der Waals surface area contributed by atoms with Crippen molar-refractivity contribution in [2.75, 3.05) is 19.0 Å². The third kappa shape index (κ3) is 3.62. The van der Waals surface area contributed by atoms with E-state index in [9.17, 15) is 0 Å². The van der Waals surface area contributed by atoms with Gasteiger partial charge < -0.3 is 15.8 Å². The van der Waals surface area contributed by atoms with Gasteiger partial charge in [0.15, 0.2) is 5.96 Å². The van der Waals surface area contributed by atoms with E-state index in [1.165, 1.54) is 0 Å². The molecule has 0 amide bonds. The number of benzene rings is 1. The first-order valence-electron chi connectivity index (χ1n) is 5.08. The Bertz CT molecular complexity index is 379. The summed E-state index contributed by atoms with van der Waals surface area (Å²) in [5.41, 5.74) is 6.38. The van der Waals surface area contributed by atoms with Crippen LogP contribution in [0.2, 0.25) is 5.02 Å². The van der Waals surface area contributed by atoms with E-state index in [0.717, 1.165) is 12.2 Å². The van der Waals surface area contributed by atoms with Crippen molar-refractivity contribution in [2.24, 2.45) is 10.7 Å². The van der Waals surface area contributed by atoms with Crippen molar-refractivity contribution >= 4 is 23.2 Å². The zero-order chi connectivity index (χ0) is 12.0. The topological polar surface area (TPSA) is 59.6 Å². The molecule has 16 heavy (non-hydrogen) atoms. The predicted molar refractivity (Wildman–Crippen MR) is 68.4 cm³/mol. The van der Waals surface area contributed by atoms with E-state index in [1.807, 2.05) is 6.92 Å². The number of nitrogens with zero attached hydrogens (tertiary/aromatic N) is 1. The molecule has 3 N–H and O–H groups in total. The Balaban J connectivity index is 2.79. The number of halogens is 1.